The van der Waals surface area contributed by atoms with Crippen LogP contribution in [0.5, 0.6) is 5.75 Å². The van der Waals surface area contributed by atoms with E-state index in [2.05, 4.69) is 58.6 Å². The van der Waals surface area contributed by atoms with Gasteiger partial charge in [0.25, 0.3) is 0 Å². The number of halogens is 2. The summed E-state index contributed by atoms with van der Waals surface area (Å²) in [5.74, 6) is 0.650. The van der Waals surface area contributed by atoms with Crippen LogP contribution in [0.1, 0.15) is 35.7 Å². The van der Waals surface area contributed by atoms with Crippen LogP contribution in [0.15, 0.2) is 66.7 Å². The molecule has 0 radical (unpaired) electrons. The molecule has 3 aromatic rings. The van der Waals surface area contributed by atoms with Gasteiger partial charge in [-0.1, -0.05) is 59.6 Å². The van der Waals surface area contributed by atoms with Crippen molar-refractivity contribution >= 4 is 28.9 Å². The largest absolute Gasteiger partial charge is 0.491 e. The second kappa shape index (κ2) is 12.8. The predicted molar refractivity (Wildman–Crippen MR) is 146 cm³/mol. The Labute approximate surface area is 223 Å². The average molecular weight is 530 g/mol. The summed E-state index contributed by atoms with van der Waals surface area (Å²) in [6, 6.07) is 22.8. The fourth-order valence-electron chi connectivity index (χ4n) is 4.65. The van der Waals surface area contributed by atoms with Crippen molar-refractivity contribution in [1.82, 2.24) is 10.4 Å². The van der Waals surface area contributed by atoms with Crippen molar-refractivity contribution in [3.05, 3.63) is 93.5 Å². The van der Waals surface area contributed by atoms with Gasteiger partial charge in [0, 0.05) is 43.8 Å². The molecule has 2 atom stereocenters. The summed E-state index contributed by atoms with van der Waals surface area (Å²) >= 11 is 12.9. The van der Waals surface area contributed by atoms with Crippen LogP contribution in [0, 0.1) is 0 Å². The Kier molecular flexibility index (Phi) is 9.48. The molecule has 0 bridgehead atoms. The summed E-state index contributed by atoms with van der Waals surface area (Å²) in [6.07, 6.45) is 0. The zero-order valence-corrected chi connectivity index (χ0v) is 22.2. The molecule has 0 spiro atoms. The SMILES string of the molecule is CNOCc1ccc([C@@H](C)N2CCN(c3ccc(OCCO)cc3Cl)C(c3ccc(Cl)cc3)C2)cc1. The molecule has 1 saturated heterocycles. The molecule has 36 heavy (non-hydrogen) atoms. The van der Waals surface area contributed by atoms with Gasteiger partial charge in [0.05, 0.1) is 30.0 Å². The minimum atomic E-state index is -0.0371. The Morgan fingerprint density at radius 1 is 1.03 bits per heavy atom. The molecule has 0 aromatic heterocycles. The lowest BCUT2D eigenvalue weighted by Gasteiger charge is -2.45. The monoisotopic (exact) mass is 529 g/mol. The molecule has 1 aliphatic heterocycles. The van der Waals surface area contributed by atoms with Gasteiger partial charge < -0.3 is 14.7 Å². The third-order valence-corrected chi connectivity index (χ3v) is 7.20. The Hall–Kier alpha value is -2.32. The van der Waals surface area contributed by atoms with Crippen molar-refractivity contribution in [3.63, 3.8) is 0 Å². The molecule has 3 aromatic carbocycles. The van der Waals surface area contributed by atoms with E-state index in [4.69, 9.17) is 37.9 Å². The van der Waals surface area contributed by atoms with Crippen LogP contribution in [0.3, 0.4) is 0 Å². The van der Waals surface area contributed by atoms with E-state index in [0.717, 1.165) is 35.9 Å². The average Bonchev–Trinajstić information content (AvgIpc) is 2.91. The van der Waals surface area contributed by atoms with E-state index in [1.807, 2.05) is 30.3 Å². The second-order valence-electron chi connectivity index (χ2n) is 8.85. The molecule has 6 nitrogen and oxygen atoms in total. The summed E-state index contributed by atoms with van der Waals surface area (Å²) in [5, 5.41) is 10.4. The van der Waals surface area contributed by atoms with Gasteiger partial charge in [0.1, 0.15) is 12.4 Å². The van der Waals surface area contributed by atoms with Crippen LogP contribution in [0.4, 0.5) is 5.69 Å². The zero-order chi connectivity index (χ0) is 25.5. The van der Waals surface area contributed by atoms with Crippen molar-refractivity contribution in [2.24, 2.45) is 0 Å². The number of hydroxylamine groups is 1. The topological polar surface area (TPSA) is 57.2 Å². The lowest BCUT2D eigenvalue weighted by Crippen LogP contribution is -2.49. The third kappa shape index (κ3) is 6.51. The number of nitrogens with zero attached hydrogens (tertiary/aromatic N) is 2. The Bertz CT molecular complexity index is 1110. The molecular weight excluding hydrogens is 497 g/mol. The number of aliphatic hydroxyl groups excluding tert-OH is 1. The molecule has 1 heterocycles. The van der Waals surface area contributed by atoms with Crippen LogP contribution in [-0.2, 0) is 11.4 Å². The summed E-state index contributed by atoms with van der Waals surface area (Å²) < 4.78 is 5.54. The first kappa shape index (κ1) is 26.7. The lowest BCUT2D eigenvalue weighted by atomic mass is 9.98. The first-order valence-corrected chi connectivity index (χ1v) is 12.9. The maximum Gasteiger partial charge on any atom is 0.121 e. The number of nitrogens with one attached hydrogen (secondary N) is 1. The second-order valence-corrected chi connectivity index (χ2v) is 9.69. The highest BCUT2D eigenvalue weighted by Crippen LogP contribution is 2.39. The summed E-state index contributed by atoms with van der Waals surface area (Å²) in [6.45, 7) is 5.55. The highest BCUT2D eigenvalue weighted by Gasteiger charge is 2.32. The van der Waals surface area contributed by atoms with E-state index in [9.17, 15) is 0 Å². The number of hydrogen-bond acceptors (Lipinski definition) is 6. The van der Waals surface area contributed by atoms with E-state index < -0.39 is 0 Å². The summed E-state index contributed by atoms with van der Waals surface area (Å²) in [5.41, 5.74) is 7.27. The molecule has 1 fully saturated rings. The number of ether oxygens (including phenoxy) is 1. The minimum Gasteiger partial charge on any atom is -0.491 e. The highest BCUT2D eigenvalue weighted by atomic mass is 35.5. The first-order chi connectivity index (χ1) is 17.5. The van der Waals surface area contributed by atoms with Crippen molar-refractivity contribution in [2.45, 2.75) is 25.6 Å². The van der Waals surface area contributed by atoms with Gasteiger partial charge in [-0.2, -0.15) is 0 Å². The molecule has 4 rings (SSSR count). The minimum absolute atomic E-state index is 0.0371. The van der Waals surface area contributed by atoms with E-state index in [1.54, 1.807) is 7.05 Å². The standard InChI is InChI=1S/C28H33Cl2N3O3/c1-20(22-5-3-21(4-6-22)19-36-31-2)32-13-14-33(28(18-32)23-7-9-24(29)10-8-23)27-12-11-25(17-26(27)30)35-16-15-34/h3-12,17,20,28,31,34H,13-16,18-19H2,1-2H3/t20-,28?/m1/s1. The Balaban J connectivity index is 1.57. The predicted octanol–water partition coefficient (Wildman–Crippen LogP) is 5.64. The normalized spacial score (nSPS) is 17.2. The number of hydrogen-bond donors (Lipinski definition) is 2. The molecule has 0 saturated carbocycles. The van der Waals surface area contributed by atoms with Gasteiger partial charge in [0.2, 0.25) is 0 Å². The summed E-state index contributed by atoms with van der Waals surface area (Å²) in [7, 11) is 1.76. The number of anilines is 1. The van der Waals surface area contributed by atoms with Gasteiger partial charge in [-0.05, 0) is 47.9 Å². The summed E-state index contributed by atoms with van der Waals surface area (Å²) in [4.78, 5) is 10.2. The van der Waals surface area contributed by atoms with Gasteiger partial charge >= 0.3 is 0 Å². The molecule has 2 N–H and O–H groups in total. The Morgan fingerprint density at radius 3 is 2.44 bits per heavy atom. The van der Waals surface area contributed by atoms with Crippen LogP contribution < -0.4 is 15.1 Å². The number of piperazine rings is 1. The molecule has 1 unspecified atom stereocenters. The van der Waals surface area contributed by atoms with Crippen molar-refractivity contribution < 1.29 is 14.7 Å². The molecular formula is C28H33Cl2N3O3. The fraction of sp³-hybridized carbons (Fsp3) is 0.357. The lowest BCUT2D eigenvalue weighted by molar-refractivity contribution is 0.0444. The number of benzene rings is 3. The van der Waals surface area contributed by atoms with Crippen LogP contribution in [0.25, 0.3) is 0 Å². The highest BCUT2D eigenvalue weighted by molar-refractivity contribution is 6.33. The van der Waals surface area contributed by atoms with E-state index in [-0.39, 0.29) is 25.3 Å². The van der Waals surface area contributed by atoms with Gasteiger partial charge in [-0.25, -0.2) is 5.48 Å². The zero-order valence-electron chi connectivity index (χ0n) is 20.7. The van der Waals surface area contributed by atoms with Crippen LogP contribution in [-0.4, -0.2) is 49.9 Å². The van der Waals surface area contributed by atoms with E-state index >= 15 is 0 Å². The number of aliphatic hydroxyl groups is 1. The van der Waals surface area contributed by atoms with Crippen LogP contribution >= 0.6 is 23.2 Å². The van der Waals surface area contributed by atoms with Gasteiger partial charge in [-0.3, -0.25) is 9.74 Å². The number of rotatable bonds is 10. The Morgan fingerprint density at radius 2 is 1.78 bits per heavy atom. The van der Waals surface area contributed by atoms with Gasteiger partial charge in [0.15, 0.2) is 0 Å². The molecule has 192 valence electrons. The fourth-order valence-corrected chi connectivity index (χ4v) is 5.05. The molecule has 1 aliphatic rings. The van der Waals surface area contributed by atoms with E-state index in [1.165, 1.54) is 11.1 Å². The van der Waals surface area contributed by atoms with Crippen molar-refractivity contribution in [1.29, 1.82) is 0 Å². The maximum atomic E-state index is 9.05. The quantitative estimate of drug-likeness (QED) is 0.331. The molecule has 0 aliphatic carbocycles. The van der Waals surface area contributed by atoms with E-state index in [0.29, 0.717) is 17.4 Å². The van der Waals surface area contributed by atoms with Crippen molar-refractivity contribution in [2.75, 3.05) is 44.8 Å². The molecule has 0 amide bonds. The molecule has 8 heteroatoms. The smallest absolute Gasteiger partial charge is 0.121 e. The first-order valence-electron chi connectivity index (χ1n) is 12.2. The van der Waals surface area contributed by atoms with Crippen molar-refractivity contribution in [3.8, 4) is 5.75 Å². The third-order valence-electron chi connectivity index (χ3n) is 6.65. The van der Waals surface area contributed by atoms with Gasteiger partial charge in [-0.15, -0.1) is 0 Å². The van der Waals surface area contributed by atoms with Crippen LogP contribution in [0.2, 0.25) is 10.0 Å². The maximum absolute atomic E-state index is 9.05.